The van der Waals surface area contributed by atoms with Crippen LogP contribution in [0.25, 0.3) is 0 Å². The molecule has 3 heterocycles. The summed E-state index contributed by atoms with van der Waals surface area (Å²) < 4.78 is 17.9. The number of hydrogen-bond donors (Lipinski definition) is 4. The fourth-order valence-corrected chi connectivity index (χ4v) is 6.97. The Hall–Kier alpha value is -0.860. The molecule has 41 heavy (non-hydrogen) atoms. The predicted octanol–water partition coefficient (Wildman–Crippen LogP) is 1.64. The molecule has 2 unspecified atom stereocenters. The molecule has 0 aromatic rings. The van der Waals surface area contributed by atoms with E-state index in [2.05, 4.69) is 24.3 Å². The largest absolute Gasteiger partial charge is 0.444 e. The summed E-state index contributed by atoms with van der Waals surface area (Å²) in [5.41, 5.74) is -1.58. The maximum atomic E-state index is 14.0. The topological polar surface area (TPSA) is 141 Å². The van der Waals surface area contributed by atoms with Crippen LogP contribution in [0.3, 0.4) is 0 Å². The Bertz CT molecular complexity index is 876. The van der Waals surface area contributed by atoms with Crippen molar-refractivity contribution in [2.24, 2.45) is 11.8 Å². The summed E-state index contributed by atoms with van der Waals surface area (Å²) in [6.45, 7) is 8.79. The van der Waals surface area contributed by atoms with E-state index in [1.807, 2.05) is 0 Å². The number of ether oxygens (including phenoxy) is 3. The van der Waals surface area contributed by atoms with Crippen LogP contribution in [-0.2, 0) is 19.0 Å². The fraction of sp³-hybridized carbons (Fsp3) is 0.929. The van der Waals surface area contributed by atoms with Gasteiger partial charge in [-0.3, -0.25) is 9.69 Å². The number of nitrogens with one attached hydrogen (secondary N) is 1. The van der Waals surface area contributed by atoms with Crippen LogP contribution in [0, 0.1) is 11.8 Å². The molecule has 0 aliphatic carbocycles. The Morgan fingerprint density at radius 1 is 1.20 bits per heavy atom. The van der Waals surface area contributed by atoms with E-state index in [0.29, 0.717) is 19.1 Å². The van der Waals surface area contributed by atoms with Crippen molar-refractivity contribution >= 4 is 35.4 Å². The van der Waals surface area contributed by atoms with Gasteiger partial charge in [-0.05, 0) is 86.2 Å². The smallest absolute Gasteiger partial charge is 0.411 e. The molecule has 3 aliphatic heterocycles. The van der Waals surface area contributed by atoms with Crippen LogP contribution >= 0.6 is 23.4 Å². The lowest BCUT2D eigenvalue weighted by Crippen LogP contribution is -2.65. The van der Waals surface area contributed by atoms with Gasteiger partial charge in [0.2, 0.25) is 5.91 Å². The second-order valence-electron chi connectivity index (χ2n) is 12.9. The summed E-state index contributed by atoms with van der Waals surface area (Å²) >= 11 is 7.69. The van der Waals surface area contributed by atoms with Crippen molar-refractivity contribution in [2.75, 3.05) is 40.0 Å². The van der Waals surface area contributed by atoms with E-state index in [1.54, 1.807) is 34.0 Å². The van der Waals surface area contributed by atoms with E-state index in [0.717, 1.165) is 32.2 Å². The zero-order chi connectivity index (χ0) is 30.6. The highest BCUT2D eigenvalue weighted by molar-refractivity contribution is 7.99. The molecule has 4 N–H and O–H groups in total. The summed E-state index contributed by atoms with van der Waals surface area (Å²) in [5.74, 6) is -0.125. The summed E-state index contributed by atoms with van der Waals surface area (Å²) in [4.78, 5) is 31.0. The number of nitrogens with zero attached hydrogens (tertiary/aromatic N) is 2. The van der Waals surface area contributed by atoms with E-state index >= 15 is 0 Å². The van der Waals surface area contributed by atoms with Crippen LogP contribution in [0.15, 0.2) is 0 Å². The van der Waals surface area contributed by atoms with Crippen LogP contribution in [0.5, 0.6) is 0 Å². The maximum Gasteiger partial charge on any atom is 0.411 e. The van der Waals surface area contributed by atoms with E-state index in [9.17, 15) is 24.9 Å². The van der Waals surface area contributed by atoms with Crippen molar-refractivity contribution in [1.29, 1.82) is 0 Å². The van der Waals surface area contributed by atoms with Crippen molar-refractivity contribution in [1.82, 2.24) is 15.1 Å². The molecule has 0 spiro atoms. The first kappa shape index (κ1) is 34.6. The Balaban J connectivity index is 1.84. The Morgan fingerprint density at radius 3 is 2.46 bits per heavy atom. The number of likely N-dealkylation sites (tertiary alicyclic amines) is 1. The van der Waals surface area contributed by atoms with Crippen LogP contribution < -0.4 is 5.32 Å². The van der Waals surface area contributed by atoms with Crippen molar-refractivity contribution in [3.63, 3.8) is 0 Å². The van der Waals surface area contributed by atoms with Crippen molar-refractivity contribution in [3.8, 4) is 0 Å². The van der Waals surface area contributed by atoms with E-state index in [1.165, 1.54) is 16.7 Å². The van der Waals surface area contributed by atoms with Crippen molar-refractivity contribution in [3.05, 3.63) is 0 Å². The van der Waals surface area contributed by atoms with E-state index in [4.69, 9.17) is 25.8 Å². The zero-order valence-corrected chi connectivity index (χ0v) is 26.9. The molecule has 0 aromatic heterocycles. The lowest BCUT2D eigenvalue weighted by atomic mass is 9.87. The molecule has 238 valence electrons. The monoisotopic (exact) mass is 623 g/mol. The molecule has 0 saturated carbocycles. The molecule has 0 aromatic carbocycles. The Morgan fingerprint density at radius 2 is 1.88 bits per heavy atom. The SMILES string of the molecule is CSC1O[C@H]([C@H](NC(=O)[C@@H]2[C@@H]3OCC[C@@H](CCCN(C)C)C[C@H]3CN2C(=O)OC(C)(C)C)[C@H](C)Cl)C(O)[C@@H](O)[C@H]1O. The number of aliphatic hydroxyl groups is 3. The van der Waals surface area contributed by atoms with Crippen LogP contribution in [-0.4, -0.2) is 136 Å². The Kier molecular flexibility index (Phi) is 12.5. The number of thioether (sulfide) groups is 1. The van der Waals surface area contributed by atoms with Crippen LogP contribution in [0.4, 0.5) is 4.79 Å². The van der Waals surface area contributed by atoms with Gasteiger partial charge < -0.3 is 39.7 Å². The van der Waals surface area contributed by atoms with Gasteiger partial charge >= 0.3 is 6.09 Å². The predicted molar refractivity (Wildman–Crippen MR) is 158 cm³/mol. The van der Waals surface area contributed by atoms with Crippen molar-refractivity contribution < 1.29 is 39.1 Å². The first-order chi connectivity index (χ1) is 19.1. The van der Waals surface area contributed by atoms with Crippen LogP contribution in [0.1, 0.15) is 53.4 Å². The number of fused-ring (bicyclic) bond motifs is 1. The number of halogens is 1. The van der Waals surface area contributed by atoms with Crippen LogP contribution in [0.2, 0.25) is 0 Å². The average Bonchev–Trinajstić information content (AvgIpc) is 3.11. The average molecular weight is 624 g/mol. The standard InChI is InChI=1S/C28H50ClN3O8S/c1-15(29)18(24-21(34)20(33)22(35)26(39-24)41-7)30-25(36)19-23-17(14-32(19)27(37)40-28(2,3)4)13-16(10-12-38-23)9-8-11-31(5)6/h15-24,26,33-35H,8-14H2,1-7H3,(H,30,36)/t15-,16+,17-,18+,19-,20+,21?,22+,23+,24+,26?/m0/s1. The van der Waals surface area contributed by atoms with E-state index < -0.39 is 71.0 Å². The van der Waals surface area contributed by atoms with Gasteiger partial charge in [-0.25, -0.2) is 4.79 Å². The third-order valence-electron chi connectivity index (χ3n) is 8.13. The molecule has 3 rings (SSSR count). The highest BCUT2D eigenvalue weighted by Gasteiger charge is 2.53. The summed E-state index contributed by atoms with van der Waals surface area (Å²) in [6, 6.07) is -1.90. The normalized spacial score (nSPS) is 35.9. The lowest BCUT2D eigenvalue weighted by Gasteiger charge is -2.44. The van der Waals surface area contributed by atoms with Gasteiger partial charge in [-0.2, -0.15) is 0 Å². The zero-order valence-electron chi connectivity index (χ0n) is 25.4. The molecule has 3 fully saturated rings. The third kappa shape index (κ3) is 8.84. The van der Waals surface area contributed by atoms with Gasteiger partial charge in [0, 0.05) is 19.1 Å². The molecule has 2 amide bonds. The highest BCUT2D eigenvalue weighted by atomic mass is 35.5. The van der Waals surface area contributed by atoms with Gasteiger partial charge in [0.15, 0.2) is 0 Å². The minimum Gasteiger partial charge on any atom is -0.444 e. The number of hydrogen-bond acceptors (Lipinski definition) is 10. The second kappa shape index (κ2) is 14.7. The van der Waals surface area contributed by atoms with Gasteiger partial charge in [-0.15, -0.1) is 23.4 Å². The molecular weight excluding hydrogens is 574 g/mol. The van der Waals surface area contributed by atoms with Gasteiger partial charge in [0.05, 0.1) is 17.5 Å². The Labute approximate surface area is 253 Å². The summed E-state index contributed by atoms with van der Waals surface area (Å²) in [7, 11) is 4.11. The first-order valence-corrected chi connectivity index (χ1v) is 16.3. The first-order valence-electron chi connectivity index (χ1n) is 14.6. The number of carbonyl (C=O) groups is 2. The lowest BCUT2D eigenvalue weighted by molar-refractivity contribution is -0.205. The quantitative estimate of drug-likeness (QED) is 0.280. The molecule has 0 radical (unpaired) electrons. The number of rotatable bonds is 9. The molecule has 11 atom stereocenters. The highest BCUT2D eigenvalue weighted by Crippen LogP contribution is 2.38. The number of amides is 2. The molecule has 3 saturated heterocycles. The van der Waals surface area contributed by atoms with Gasteiger partial charge in [0.25, 0.3) is 0 Å². The number of aliphatic hydroxyl groups excluding tert-OH is 3. The molecule has 11 nitrogen and oxygen atoms in total. The number of alkyl halides is 1. The second-order valence-corrected chi connectivity index (χ2v) is 14.5. The molecule has 3 aliphatic rings. The fourth-order valence-electron chi connectivity index (χ4n) is 6.09. The molecular formula is C28H50ClN3O8S. The van der Waals surface area contributed by atoms with E-state index in [-0.39, 0.29) is 5.92 Å². The minimum absolute atomic E-state index is 0.0497. The third-order valence-corrected chi connectivity index (χ3v) is 9.25. The van der Waals surface area contributed by atoms with Gasteiger partial charge in [0.1, 0.15) is 41.5 Å². The molecule has 0 bridgehead atoms. The minimum atomic E-state index is -1.49. The number of carbonyl (C=O) groups excluding carboxylic acids is 2. The summed E-state index contributed by atoms with van der Waals surface area (Å²) in [5, 5.41) is 33.7. The molecule has 13 heteroatoms. The van der Waals surface area contributed by atoms with Crippen molar-refractivity contribution in [2.45, 2.75) is 112 Å². The van der Waals surface area contributed by atoms with Gasteiger partial charge in [-0.1, -0.05) is 0 Å². The maximum absolute atomic E-state index is 14.0. The summed E-state index contributed by atoms with van der Waals surface area (Å²) in [6.07, 6.45) is -0.956.